The van der Waals surface area contributed by atoms with Gasteiger partial charge in [0.15, 0.2) is 0 Å². The summed E-state index contributed by atoms with van der Waals surface area (Å²) in [5, 5.41) is 3.52. The van der Waals surface area contributed by atoms with Gasteiger partial charge < -0.3 is 5.32 Å². The highest BCUT2D eigenvalue weighted by molar-refractivity contribution is 9.10. The van der Waals surface area contributed by atoms with Crippen LogP contribution < -0.4 is 5.32 Å². The number of nitrogens with one attached hydrogen (secondary N) is 1. The van der Waals surface area contributed by atoms with Crippen molar-refractivity contribution in [1.29, 1.82) is 0 Å². The average molecular weight is 300 g/mol. The topological polar surface area (TPSA) is 12.0 Å². The minimum Gasteiger partial charge on any atom is -0.308 e. The zero-order valence-corrected chi connectivity index (χ0v) is 12.2. The number of alkyl halides is 1. The fraction of sp³-hybridized carbons (Fsp3) is 0.571. The molecule has 0 amide bonds. The first-order valence-electron chi connectivity index (χ1n) is 6.07. The number of hydrogen-bond donors (Lipinski definition) is 1. The van der Waals surface area contributed by atoms with E-state index in [1.54, 1.807) is 13.8 Å². The zero-order valence-electron chi connectivity index (χ0n) is 10.6. The Labute approximate surface area is 111 Å². The summed E-state index contributed by atoms with van der Waals surface area (Å²) in [6, 6.07) is 5.99. The highest BCUT2D eigenvalue weighted by Crippen LogP contribution is 2.36. The smallest absolute Gasteiger partial charge is 0.131 e. The molecule has 1 aliphatic rings. The molecule has 1 fully saturated rings. The molecule has 0 radical (unpaired) electrons. The largest absolute Gasteiger partial charge is 0.308 e. The molecule has 0 saturated carbocycles. The highest BCUT2D eigenvalue weighted by Gasteiger charge is 2.31. The summed E-state index contributed by atoms with van der Waals surface area (Å²) in [5.74, 6) is 0. The third kappa shape index (κ3) is 2.55. The minimum absolute atomic E-state index is 0.0432. The van der Waals surface area contributed by atoms with Crippen LogP contribution in [0.1, 0.15) is 44.7 Å². The standard InChI is InChI=1S/C14H19BrFN/c1-13(2,16)11-6-5-10(9-12(11)15)14(3)7-4-8-17-14/h5-6,9,17H,4,7-8H2,1-3H3. The van der Waals surface area contributed by atoms with Gasteiger partial charge in [-0.05, 0) is 51.8 Å². The van der Waals surface area contributed by atoms with Gasteiger partial charge in [0.25, 0.3) is 0 Å². The predicted octanol–water partition coefficient (Wildman–Crippen LogP) is 4.25. The Morgan fingerprint density at radius 3 is 2.59 bits per heavy atom. The summed E-state index contributed by atoms with van der Waals surface area (Å²) >= 11 is 3.49. The maximum Gasteiger partial charge on any atom is 0.131 e. The van der Waals surface area contributed by atoms with Gasteiger partial charge in [0.1, 0.15) is 5.67 Å². The first-order chi connectivity index (χ1) is 7.83. The lowest BCUT2D eigenvalue weighted by atomic mass is 9.88. The van der Waals surface area contributed by atoms with E-state index in [1.807, 2.05) is 12.1 Å². The normalized spacial score (nSPS) is 25.2. The molecule has 0 aliphatic carbocycles. The van der Waals surface area contributed by atoms with E-state index in [-0.39, 0.29) is 5.54 Å². The molecule has 0 spiro atoms. The van der Waals surface area contributed by atoms with Gasteiger partial charge in [-0.1, -0.05) is 28.1 Å². The third-order valence-corrected chi connectivity index (χ3v) is 4.27. The molecular weight excluding hydrogens is 281 g/mol. The molecule has 3 heteroatoms. The van der Waals surface area contributed by atoms with E-state index in [0.29, 0.717) is 5.56 Å². The summed E-state index contributed by atoms with van der Waals surface area (Å²) in [6.07, 6.45) is 2.34. The minimum atomic E-state index is -1.30. The molecule has 17 heavy (non-hydrogen) atoms. The average Bonchev–Trinajstić information content (AvgIpc) is 2.64. The van der Waals surface area contributed by atoms with Gasteiger partial charge in [-0.2, -0.15) is 0 Å². The lowest BCUT2D eigenvalue weighted by molar-refractivity contribution is 0.220. The molecule has 1 atom stereocenters. The van der Waals surface area contributed by atoms with Crippen molar-refractivity contribution in [2.45, 2.75) is 44.8 Å². The van der Waals surface area contributed by atoms with Crippen LogP contribution in [-0.2, 0) is 11.2 Å². The van der Waals surface area contributed by atoms with Gasteiger partial charge in [-0.25, -0.2) is 4.39 Å². The van der Waals surface area contributed by atoms with Crippen molar-refractivity contribution in [2.75, 3.05) is 6.54 Å². The summed E-state index contributed by atoms with van der Waals surface area (Å²) in [6.45, 7) is 6.44. The molecule has 1 aromatic carbocycles. The first-order valence-corrected chi connectivity index (χ1v) is 6.87. The quantitative estimate of drug-likeness (QED) is 0.861. The van der Waals surface area contributed by atoms with E-state index in [1.165, 1.54) is 12.0 Å². The fourth-order valence-corrected chi connectivity index (χ4v) is 3.33. The lowest BCUT2D eigenvalue weighted by Gasteiger charge is -2.27. The van der Waals surface area contributed by atoms with Gasteiger partial charge in [0, 0.05) is 15.6 Å². The van der Waals surface area contributed by atoms with E-state index in [2.05, 4.69) is 34.2 Å². The molecule has 1 heterocycles. The molecule has 0 bridgehead atoms. The van der Waals surface area contributed by atoms with Crippen LogP contribution in [0.25, 0.3) is 0 Å². The van der Waals surface area contributed by atoms with Crippen LogP contribution in [0.5, 0.6) is 0 Å². The van der Waals surface area contributed by atoms with Crippen LogP contribution in [0.2, 0.25) is 0 Å². The Bertz CT molecular complexity index is 417. The number of benzene rings is 1. The molecule has 1 aliphatic heterocycles. The Morgan fingerprint density at radius 2 is 2.12 bits per heavy atom. The van der Waals surface area contributed by atoms with Crippen molar-refractivity contribution in [3.05, 3.63) is 33.8 Å². The van der Waals surface area contributed by atoms with E-state index >= 15 is 0 Å². The van der Waals surface area contributed by atoms with Crippen LogP contribution in [0, 0.1) is 0 Å². The van der Waals surface area contributed by atoms with Crippen LogP contribution >= 0.6 is 15.9 Å². The van der Waals surface area contributed by atoms with Crippen molar-refractivity contribution in [3.63, 3.8) is 0 Å². The first kappa shape index (κ1) is 13.0. The highest BCUT2D eigenvalue weighted by atomic mass is 79.9. The van der Waals surface area contributed by atoms with Gasteiger partial charge in [0.05, 0.1) is 0 Å². The second-order valence-corrected chi connectivity index (χ2v) is 6.38. The molecule has 0 aromatic heterocycles. The van der Waals surface area contributed by atoms with Crippen LogP contribution in [0.4, 0.5) is 4.39 Å². The Morgan fingerprint density at radius 1 is 1.41 bits per heavy atom. The molecule has 1 N–H and O–H groups in total. The number of rotatable bonds is 2. The number of hydrogen-bond acceptors (Lipinski definition) is 1. The molecular formula is C14H19BrFN. The van der Waals surface area contributed by atoms with E-state index < -0.39 is 5.67 Å². The monoisotopic (exact) mass is 299 g/mol. The van der Waals surface area contributed by atoms with Gasteiger partial charge in [-0.3, -0.25) is 0 Å². The van der Waals surface area contributed by atoms with Crippen molar-refractivity contribution < 1.29 is 4.39 Å². The predicted molar refractivity (Wildman–Crippen MR) is 72.9 cm³/mol. The van der Waals surface area contributed by atoms with Crippen molar-refractivity contribution in [1.82, 2.24) is 5.32 Å². The lowest BCUT2D eigenvalue weighted by Crippen LogP contribution is -2.33. The Balaban J connectivity index is 2.37. The van der Waals surface area contributed by atoms with Crippen molar-refractivity contribution in [2.24, 2.45) is 0 Å². The summed E-state index contributed by atoms with van der Waals surface area (Å²) in [7, 11) is 0. The summed E-state index contributed by atoms with van der Waals surface area (Å²) < 4.78 is 14.8. The summed E-state index contributed by atoms with van der Waals surface area (Å²) in [4.78, 5) is 0. The number of halogens is 2. The molecule has 94 valence electrons. The molecule has 1 unspecified atom stereocenters. The van der Waals surface area contributed by atoms with Crippen molar-refractivity contribution in [3.8, 4) is 0 Å². The Kier molecular flexibility index (Phi) is 3.34. The zero-order chi connectivity index (χ0) is 12.7. The maximum absolute atomic E-state index is 13.9. The third-order valence-electron chi connectivity index (χ3n) is 3.62. The summed E-state index contributed by atoms with van der Waals surface area (Å²) in [5.41, 5.74) is 0.681. The molecule has 1 saturated heterocycles. The van der Waals surface area contributed by atoms with Crippen LogP contribution in [0.15, 0.2) is 22.7 Å². The van der Waals surface area contributed by atoms with Gasteiger partial charge >= 0.3 is 0 Å². The van der Waals surface area contributed by atoms with Crippen LogP contribution in [0.3, 0.4) is 0 Å². The van der Waals surface area contributed by atoms with Gasteiger partial charge in [0.2, 0.25) is 0 Å². The molecule has 1 aromatic rings. The fourth-order valence-electron chi connectivity index (χ4n) is 2.48. The van der Waals surface area contributed by atoms with E-state index in [0.717, 1.165) is 17.4 Å². The van der Waals surface area contributed by atoms with Crippen LogP contribution in [-0.4, -0.2) is 6.54 Å². The SMILES string of the molecule is CC(C)(F)c1ccc(C2(C)CCCN2)cc1Br. The second-order valence-electron chi connectivity index (χ2n) is 5.53. The van der Waals surface area contributed by atoms with E-state index in [4.69, 9.17) is 0 Å². The molecule has 2 rings (SSSR count). The van der Waals surface area contributed by atoms with Gasteiger partial charge in [-0.15, -0.1) is 0 Å². The Hall–Kier alpha value is -0.410. The molecule has 1 nitrogen and oxygen atoms in total. The maximum atomic E-state index is 13.9. The van der Waals surface area contributed by atoms with E-state index in [9.17, 15) is 4.39 Å². The second kappa shape index (κ2) is 4.36. The van der Waals surface area contributed by atoms with Crippen molar-refractivity contribution >= 4 is 15.9 Å².